The molecule has 1 N–H and O–H groups in total. The van der Waals surface area contributed by atoms with E-state index in [0.29, 0.717) is 16.9 Å². The molecular formula is C12H23NO2. The van der Waals surface area contributed by atoms with E-state index in [2.05, 4.69) is 0 Å². The smallest absolute Gasteiger partial charge is 0.132 e. The number of hydrogen-bond acceptors (Lipinski definition) is 2. The maximum atomic E-state index is 11.0. The lowest BCUT2D eigenvalue weighted by molar-refractivity contribution is -0.920. The fourth-order valence-corrected chi connectivity index (χ4v) is 1.99. The molecule has 0 radical (unpaired) electrons. The van der Waals surface area contributed by atoms with Crippen LogP contribution in [0.25, 0.3) is 0 Å². The molecule has 1 saturated heterocycles. The highest BCUT2D eigenvalue weighted by Crippen LogP contribution is 2.13. The topological polar surface area (TPSA) is 44.6 Å². The number of unbranched alkanes of at least 4 members (excludes halogenated alkanes) is 2. The third-order valence-corrected chi connectivity index (χ3v) is 3.58. The van der Waals surface area contributed by atoms with Gasteiger partial charge in [0.25, 0.3) is 0 Å². The van der Waals surface area contributed by atoms with Gasteiger partial charge in [-0.1, -0.05) is 19.8 Å². The van der Waals surface area contributed by atoms with Crippen LogP contribution in [0.15, 0.2) is 0 Å². The van der Waals surface area contributed by atoms with Crippen molar-refractivity contribution in [3.63, 3.8) is 0 Å². The van der Waals surface area contributed by atoms with Gasteiger partial charge in [0.2, 0.25) is 0 Å². The summed E-state index contributed by atoms with van der Waals surface area (Å²) in [5.74, 6) is 0.513. The normalized spacial score (nSPS) is 27.1. The van der Waals surface area contributed by atoms with Crippen LogP contribution >= 0.6 is 0 Å². The summed E-state index contributed by atoms with van der Waals surface area (Å²) < 4.78 is 0. The lowest BCUT2D eigenvalue weighted by Gasteiger charge is -2.40. The van der Waals surface area contributed by atoms with Crippen LogP contribution in [0.2, 0.25) is 0 Å². The number of carbonyl (C=O) groups excluding carboxylic acids is 1. The van der Waals surface area contributed by atoms with Gasteiger partial charge in [-0.15, -0.1) is 0 Å². The van der Waals surface area contributed by atoms with Crippen LogP contribution in [0.1, 0.15) is 52.4 Å². The summed E-state index contributed by atoms with van der Waals surface area (Å²) in [4.78, 5) is 11.0. The first kappa shape index (κ1) is 12.7. The zero-order valence-corrected chi connectivity index (χ0v) is 9.92. The minimum atomic E-state index is 0.218. The van der Waals surface area contributed by atoms with Gasteiger partial charge in [-0.2, -0.15) is 0 Å². The number of Topliss-reactive ketones (excluding diaryl/α,β-unsaturated/α-hetero) is 1. The number of hydroxylamine groups is 2. The van der Waals surface area contributed by atoms with Crippen molar-refractivity contribution in [2.24, 2.45) is 5.92 Å². The van der Waals surface area contributed by atoms with Crippen molar-refractivity contribution in [2.75, 3.05) is 6.54 Å². The van der Waals surface area contributed by atoms with E-state index < -0.39 is 0 Å². The Morgan fingerprint density at radius 1 is 1.47 bits per heavy atom. The van der Waals surface area contributed by atoms with Crippen LogP contribution in [0.5, 0.6) is 0 Å². The molecule has 1 fully saturated rings. The van der Waals surface area contributed by atoms with Crippen molar-refractivity contribution in [2.45, 2.75) is 58.4 Å². The lowest BCUT2D eigenvalue weighted by Crippen LogP contribution is -3.17. The molecule has 1 aliphatic rings. The number of quaternary nitrogens is 1. The molecule has 3 nitrogen and oxygen atoms in total. The largest absolute Gasteiger partial charge is 0.634 e. The minimum Gasteiger partial charge on any atom is -0.634 e. The molecule has 1 rings (SSSR count). The number of hydrogen-bond donors (Lipinski definition) is 1. The maximum absolute atomic E-state index is 11.0. The Morgan fingerprint density at radius 2 is 2.20 bits per heavy atom. The number of nitrogens with one attached hydrogen (secondary N) is 1. The monoisotopic (exact) mass is 213 g/mol. The molecule has 0 aliphatic carbocycles. The maximum Gasteiger partial charge on any atom is 0.132 e. The second kappa shape index (κ2) is 6.23. The summed E-state index contributed by atoms with van der Waals surface area (Å²) >= 11 is 0. The van der Waals surface area contributed by atoms with E-state index in [1.165, 1.54) is 6.42 Å². The van der Waals surface area contributed by atoms with Gasteiger partial charge in [0.15, 0.2) is 0 Å². The molecule has 1 aliphatic heterocycles. The van der Waals surface area contributed by atoms with Crippen LogP contribution in [0.4, 0.5) is 0 Å². The summed E-state index contributed by atoms with van der Waals surface area (Å²) in [5, 5.41) is 11.5. The minimum absolute atomic E-state index is 0.218. The Morgan fingerprint density at radius 3 is 2.67 bits per heavy atom. The van der Waals surface area contributed by atoms with Gasteiger partial charge in [0.05, 0.1) is 12.6 Å². The Hall–Kier alpha value is -0.410. The molecule has 0 aromatic heterocycles. The molecule has 0 saturated carbocycles. The summed E-state index contributed by atoms with van der Waals surface area (Å²) in [7, 11) is 0. The van der Waals surface area contributed by atoms with Gasteiger partial charge in [0.1, 0.15) is 5.78 Å². The summed E-state index contributed by atoms with van der Waals surface area (Å²) in [6.45, 7) is 4.47. The van der Waals surface area contributed by atoms with Crippen LogP contribution < -0.4 is 5.06 Å². The molecule has 88 valence electrons. The SMILES string of the molecule is CC(=O)C(C)CCCCCC1CC[NH+]1[O-]. The number of rotatable bonds is 7. The standard InChI is InChI=1S/C12H23NO2/c1-10(11(2)14)6-4-3-5-7-12-8-9-13(12)15/h10,12-13H,3-9H2,1-2H3. The first-order chi connectivity index (χ1) is 7.11. The quantitative estimate of drug-likeness (QED) is 0.512. The predicted octanol–water partition coefficient (Wildman–Crippen LogP) is 1.32. The molecule has 0 aromatic carbocycles. The average Bonchev–Trinajstić information content (AvgIpc) is 2.20. The van der Waals surface area contributed by atoms with E-state index in [1.54, 1.807) is 6.92 Å². The Balaban J connectivity index is 1.91. The van der Waals surface area contributed by atoms with Crippen molar-refractivity contribution in [1.29, 1.82) is 0 Å². The molecule has 0 bridgehead atoms. The van der Waals surface area contributed by atoms with Gasteiger partial charge in [-0.25, -0.2) is 0 Å². The Bertz CT molecular complexity index is 206. The second-order valence-electron chi connectivity index (χ2n) is 4.85. The van der Waals surface area contributed by atoms with Gasteiger partial charge in [-0.05, 0) is 26.2 Å². The first-order valence-corrected chi connectivity index (χ1v) is 6.14. The molecule has 0 spiro atoms. The van der Waals surface area contributed by atoms with Crippen molar-refractivity contribution < 1.29 is 9.86 Å². The van der Waals surface area contributed by atoms with E-state index in [-0.39, 0.29) is 5.92 Å². The molecule has 3 unspecified atom stereocenters. The zero-order chi connectivity index (χ0) is 11.3. The molecule has 15 heavy (non-hydrogen) atoms. The number of carbonyl (C=O) groups is 1. The van der Waals surface area contributed by atoms with Crippen molar-refractivity contribution in [1.82, 2.24) is 0 Å². The highest BCUT2D eigenvalue weighted by molar-refractivity contribution is 5.77. The number of ketones is 1. The van der Waals surface area contributed by atoms with Gasteiger partial charge < -0.3 is 10.3 Å². The van der Waals surface area contributed by atoms with Crippen LogP contribution in [0, 0.1) is 11.1 Å². The van der Waals surface area contributed by atoms with E-state index in [0.717, 1.165) is 38.6 Å². The van der Waals surface area contributed by atoms with E-state index in [1.807, 2.05) is 6.92 Å². The highest BCUT2D eigenvalue weighted by Gasteiger charge is 2.24. The van der Waals surface area contributed by atoms with E-state index >= 15 is 0 Å². The molecular weight excluding hydrogens is 190 g/mol. The summed E-state index contributed by atoms with van der Waals surface area (Å²) in [6, 6.07) is 0.384. The van der Waals surface area contributed by atoms with Gasteiger partial charge >= 0.3 is 0 Å². The van der Waals surface area contributed by atoms with E-state index in [4.69, 9.17) is 0 Å². The summed E-state index contributed by atoms with van der Waals surface area (Å²) in [6.07, 6.45) is 6.65. The summed E-state index contributed by atoms with van der Waals surface area (Å²) in [5.41, 5.74) is 0. The fraction of sp³-hybridized carbons (Fsp3) is 0.917. The van der Waals surface area contributed by atoms with Crippen LogP contribution in [-0.4, -0.2) is 18.4 Å². The average molecular weight is 213 g/mol. The molecule has 0 amide bonds. The molecule has 3 atom stereocenters. The zero-order valence-electron chi connectivity index (χ0n) is 9.92. The third-order valence-electron chi connectivity index (χ3n) is 3.58. The van der Waals surface area contributed by atoms with E-state index in [9.17, 15) is 10.0 Å². The third kappa shape index (κ3) is 4.31. The molecule has 3 heteroatoms. The van der Waals surface area contributed by atoms with Crippen molar-refractivity contribution >= 4 is 5.78 Å². The Labute approximate surface area is 92.4 Å². The second-order valence-corrected chi connectivity index (χ2v) is 4.85. The van der Waals surface area contributed by atoms with Gasteiger partial charge in [-0.3, -0.25) is 4.79 Å². The molecule has 0 aromatic rings. The highest BCUT2D eigenvalue weighted by atomic mass is 16.5. The van der Waals surface area contributed by atoms with Crippen LogP contribution in [0.3, 0.4) is 0 Å². The van der Waals surface area contributed by atoms with Crippen LogP contribution in [-0.2, 0) is 4.79 Å². The Kier molecular flexibility index (Phi) is 5.26. The fourth-order valence-electron chi connectivity index (χ4n) is 1.99. The first-order valence-electron chi connectivity index (χ1n) is 6.14. The van der Waals surface area contributed by atoms with Crippen molar-refractivity contribution in [3.8, 4) is 0 Å². The molecule has 1 heterocycles. The van der Waals surface area contributed by atoms with Crippen molar-refractivity contribution in [3.05, 3.63) is 5.21 Å². The lowest BCUT2D eigenvalue weighted by atomic mass is 9.96. The predicted molar refractivity (Wildman–Crippen MR) is 60.5 cm³/mol. The van der Waals surface area contributed by atoms with Gasteiger partial charge in [0, 0.05) is 12.3 Å².